The van der Waals surface area contributed by atoms with Gasteiger partial charge in [-0.3, -0.25) is 9.20 Å². The van der Waals surface area contributed by atoms with Gasteiger partial charge in [-0.05, 0) is 31.4 Å². The zero-order valence-electron chi connectivity index (χ0n) is 7.73. The summed E-state index contributed by atoms with van der Waals surface area (Å²) in [5.74, 6) is 0. The first kappa shape index (κ1) is 7.74. The number of aryl methyl sites for hydroxylation is 2. The third-order valence-corrected chi connectivity index (χ3v) is 2.80. The van der Waals surface area contributed by atoms with Crippen molar-refractivity contribution in [1.82, 2.24) is 9.38 Å². The Hall–Kier alpha value is -1.64. The summed E-state index contributed by atoms with van der Waals surface area (Å²) in [5, 5.41) is 0. The molecule has 0 amide bonds. The maximum atomic E-state index is 10.9. The highest BCUT2D eigenvalue weighted by Gasteiger charge is 2.18. The first-order valence-corrected chi connectivity index (χ1v) is 4.84. The molecule has 0 unspecified atom stereocenters. The number of hydrogen-bond donors (Lipinski definition) is 0. The van der Waals surface area contributed by atoms with Crippen molar-refractivity contribution in [2.75, 3.05) is 0 Å². The standard InChI is InChI=1S/C11H10N2O/c14-7-8-3-1-6-11-12-9-4-2-5-10(9)13(8)11/h1,3,6-7H,2,4-5H2. The molecular weight excluding hydrogens is 176 g/mol. The van der Waals surface area contributed by atoms with E-state index in [2.05, 4.69) is 4.98 Å². The predicted octanol–water partition coefficient (Wildman–Crippen LogP) is 1.64. The lowest BCUT2D eigenvalue weighted by Gasteiger charge is -2.00. The van der Waals surface area contributed by atoms with E-state index in [-0.39, 0.29) is 0 Å². The lowest BCUT2D eigenvalue weighted by atomic mass is 10.3. The monoisotopic (exact) mass is 186 g/mol. The van der Waals surface area contributed by atoms with Gasteiger partial charge in [0, 0.05) is 5.69 Å². The van der Waals surface area contributed by atoms with Gasteiger partial charge in [0.15, 0.2) is 6.29 Å². The minimum absolute atomic E-state index is 0.707. The fourth-order valence-electron chi connectivity index (χ4n) is 2.20. The number of aldehydes is 1. The van der Waals surface area contributed by atoms with Crippen molar-refractivity contribution in [3.05, 3.63) is 35.3 Å². The first-order valence-electron chi connectivity index (χ1n) is 4.84. The lowest BCUT2D eigenvalue weighted by molar-refractivity contribution is 0.111. The van der Waals surface area contributed by atoms with Crippen molar-refractivity contribution in [3.8, 4) is 0 Å². The number of hydrogen-bond acceptors (Lipinski definition) is 2. The van der Waals surface area contributed by atoms with Gasteiger partial charge in [-0.2, -0.15) is 0 Å². The average molecular weight is 186 g/mol. The Morgan fingerprint density at radius 1 is 1.36 bits per heavy atom. The van der Waals surface area contributed by atoms with Gasteiger partial charge in [-0.1, -0.05) is 6.07 Å². The number of carbonyl (C=O) groups excluding carboxylic acids is 1. The molecule has 0 bridgehead atoms. The van der Waals surface area contributed by atoms with Crippen LogP contribution in [0, 0.1) is 0 Å². The highest BCUT2D eigenvalue weighted by Crippen LogP contribution is 2.23. The Bertz CT molecular complexity index is 513. The van der Waals surface area contributed by atoms with Crippen molar-refractivity contribution in [2.24, 2.45) is 0 Å². The maximum absolute atomic E-state index is 10.9. The molecule has 0 radical (unpaired) electrons. The van der Waals surface area contributed by atoms with Gasteiger partial charge < -0.3 is 0 Å². The smallest absolute Gasteiger partial charge is 0.166 e. The normalized spacial score (nSPS) is 14.6. The van der Waals surface area contributed by atoms with Gasteiger partial charge in [0.25, 0.3) is 0 Å². The van der Waals surface area contributed by atoms with E-state index in [1.54, 1.807) is 0 Å². The van der Waals surface area contributed by atoms with Crippen molar-refractivity contribution < 1.29 is 4.79 Å². The largest absolute Gasteiger partial charge is 0.296 e. The van der Waals surface area contributed by atoms with Crippen LogP contribution in [0.15, 0.2) is 18.2 Å². The molecule has 0 aliphatic heterocycles. The van der Waals surface area contributed by atoms with Crippen LogP contribution >= 0.6 is 0 Å². The van der Waals surface area contributed by atoms with E-state index in [1.807, 2.05) is 22.6 Å². The van der Waals surface area contributed by atoms with Gasteiger partial charge in [0.1, 0.15) is 5.65 Å². The third-order valence-electron chi connectivity index (χ3n) is 2.80. The number of carbonyl (C=O) groups is 1. The molecule has 2 aromatic rings. The molecule has 1 aliphatic carbocycles. The SMILES string of the molecule is O=Cc1cccc2nc3c(n12)CCC3. The molecule has 2 aromatic heterocycles. The van der Waals surface area contributed by atoms with Crippen LogP contribution in [0.3, 0.4) is 0 Å². The quantitative estimate of drug-likeness (QED) is 0.634. The first-order chi connectivity index (χ1) is 6.90. The molecule has 3 nitrogen and oxygen atoms in total. The summed E-state index contributed by atoms with van der Waals surface area (Å²) in [6.07, 6.45) is 4.15. The molecule has 0 N–H and O–H groups in total. The highest BCUT2D eigenvalue weighted by molar-refractivity contribution is 5.74. The molecular formula is C11H10N2O. The molecule has 70 valence electrons. The number of nitrogens with zero attached hydrogens (tertiary/aromatic N) is 2. The Balaban J connectivity index is 2.44. The summed E-state index contributed by atoms with van der Waals surface area (Å²) >= 11 is 0. The van der Waals surface area contributed by atoms with E-state index in [0.29, 0.717) is 5.69 Å². The second kappa shape index (κ2) is 2.67. The Morgan fingerprint density at radius 3 is 3.14 bits per heavy atom. The molecule has 0 fully saturated rings. The second-order valence-corrected chi connectivity index (χ2v) is 3.62. The minimum atomic E-state index is 0.707. The van der Waals surface area contributed by atoms with Crippen LogP contribution in [0.25, 0.3) is 5.65 Å². The topological polar surface area (TPSA) is 34.4 Å². The summed E-state index contributed by atoms with van der Waals surface area (Å²) in [5.41, 5.74) is 4.00. The van der Waals surface area contributed by atoms with Crippen LogP contribution in [0.1, 0.15) is 28.3 Å². The number of fused-ring (bicyclic) bond motifs is 3. The van der Waals surface area contributed by atoms with Crippen LogP contribution in [0.5, 0.6) is 0 Å². The Kier molecular flexibility index (Phi) is 1.48. The van der Waals surface area contributed by atoms with Crippen molar-refractivity contribution in [2.45, 2.75) is 19.3 Å². The zero-order valence-corrected chi connectivity index (χ0v) is 7.73. The van der Waals surface area contributed by atoms with E-state index < -0.39 is 0 Å². The van der Waals surface area contributed by atoms with E-state index >= 15 is 0 Å². The minimum Gasteiger partial charge on any atom is -0.296 e. The van der Waals surface area contributed by atoms with Crippen LogP contribution in [0.2, 0.25) is 0 Å². The molecule has 3 heteroatoms. The molecule has 0 saturated heterocycles. The molecule has 14 heavy (non-hydrogen) atoms. The van der Waals surface area contributed by atoms with Crippen molar-refractivity contribution in [3.63, 3.8) is 0 Å². The predicted molar refractivity (Wildman–Crippen MR) is 52.6 cm³/mol. The van der Waals surface area contributed by atoms with Crippen LogP contribution in [0.4, 0.5) is 0 Å². The molecule has 0 saturated carbocycles. The summed E-state index contributed by atoms with van der Waals surface area (Å²) < 4.78 is 1.98. The highest BCUT2D eigenvalue weighted by atomic mass is 16.1. The summed E-state index contributed by atoms with van der Waals surface area (Å²) in [4.78, 5) is 15.4. The van der Waals surface area contributed by atoms with E-state index in [4.69, 9.17) is 0 Å². The van der Waals surface area contributed by atoms with Gasteiger partial charge >= 0.3 is 0 Å². The van der Waals surface area contributed by atoms with Gasteiger partial charge in [0.05, 0.1) is 11.4 Å². The number of imidazole rings is 1. The van der Waals surface area contributed by atoms with Crippen LogP contribution in [-0.4, -0.2) is 15.7 Å². The molecule has 2 heterocycles. The van der Waals surface area contributed by atoms with Crippen LogP contribution < -0.4 is 0 Å². The Labute approximate surface area is 81.4 Å². The zero-order chi connectivity index (χ0) is 9.54. The Morgan fingerprint density at radius 2 is 2.29 bits per heavy atom. The molecule has 0 atom stereocenters. The van der Waals surface area contributed by atoms with E-state index in [0.717, 1.165) is 31.2 Å². The molecule has 0 aromatic carbocycles. The molecule has 1 aliphatic rings. The average Bonchev–Trinajstić information content (AvgIpc) is 2.75. The van der Waals surface area contributed by atoms with Crippen molar-refractivity contribution in [1.29, 1.82) is 0 Å². The van der Waals surface area contributed by atoms with E-state index in [9.17, 15) is 4.79 Å². The van der Waals surface area contributed by atoms with Gasteiger partial charge in [-0.15, -0.1) is 0 Å². The third kappa shape index (κ3) is 0.867. The van der Waals surface area contributed by atoms with Crippen LogP contribution in [-0.2, 0) is 12.8 Å². The molecule has 3 rings (SSSR count). The van der Waals surface area contributed by atoms with E-state index in [1.165, 1.54) is 11.4 Å². The maximum Gasteiger partial charge on any atom is 0.166 e. The number of pyridine rings is 1. The van der Waals surface area contributed by atoms with Gasteiger partial charge in [0.2, 0.25) is 0 Å². The van der Waals surface area contributed by atoms with Crippen molar-refractivity contribution >= 4 is 11.9 Å². The fraction of sp³-hybridized carbons (Fsp3) is 0.273. The summed E-state index contributed by atoms with van der Waals surface area (Å²) in [6.45, 7) is 0. The lowest BCUT2D eigenvalue weighted by Crippen LogP contribution is -1.98. The number of rotatable bonds is 1. The number of aromatic nitrogens is 2. The molecule has 0 spiro atoms. The van der Waals surface area contributed by atoms with Gasteiger partial charge in [-0.25, -0.2) is 4.98 Å². The summed E-state index contributed by atoms with van der Waals surface area (Å²) in [6, 6.07) is 5.66. The second-order valence-electron chi connectivity index (χ2n) is 3.62. The summed E-state index contributed by atoms with van der Waals surface area (Å²) in [7, 11) is 0. The fourth-order valence-corrected chi connectivity index (χ4v) is 2.20.